The van der Waals surface area contributed by atoms with Crippen molar-refractivity contribution >= 4 is 27.5 Å². The molecular formula is C19H20N4O3S. The van der Waals surface area contributed by atoms with Gasteiger partial charge in [-0.1, -0.05) is 6.42 Å². The quantitative estimate of drug-likeness (QED) is 0.728. The van der Waals surface area contributed by atoms with Crippen LogP contribution in [0.1, 0.15) is 29.6 Å². The highest BCUT2D eigenvalue weighted by Crippen LogP contribution is 2.25. The van der Waals surface area contributed by atoms with E-state index in [4.69, 9.17) is 0 Å². The minimum atomic E-state index is -1.10. The smallest absolute Gasteiger partial charge is 0.337 e. The zero-order valence-electron chi connectivity index (χ0n) is 14.8. The van der Waals surface area contributed by atoms with Gasteiger partial charge >= 0.3 is 5.97 Å². The van der Waals surface area contributed by atoms with Gasteiger partial charge in [0.15, 0.2) is 0 Å². The van der Waals surface area contributed by atoms with Gasteiger partial charge in [0.2, 0.25) is 0 Å². The highest BCUT2D eigenvalue weighted by Gasteiger charge is 2.21. The summed E-state index contributed by atoms with van der Waals surface area (Å²) in [5, 5.41) is 11.1. The maximum absolute atomic E-state index is 13.2. The fraction of sp³-hybridized carbons (Fsp3) is 0.368. The van der Waals surface area contributed by atoms with E-state index in [1.54, 1.807) is 17.0 Å². The molecule has 0 saturated carbocycles. The maximum Gasteiger partial charge on any atom is 0.337 e. The fourth-order valence-corrected chi connectivity index (χ4v) is 4.44. The Hall–Kier alpha value is -2.58. The van der Waals surface area contributed by atoms with Crippen LogP contribution in [0.15, 0.2) is 34.7 Å². The Balaban J connectivity index is 1.81. The van der Waals surface area contributed by atoms with E-state index in [1.165, 1.54) is 36.0 Å². The van der Waals surface area contributed by atoms with Gasteiger partial charge in [-0.05, 0) is 38.1 Å². The number of thiophene rings is 1. The molecule has 1 fully saturated rings. The Bertz CT molecular complexity index is 1020. The molecule has 1 aliphatic heterocycles. The Morgan fingerprint density at radius 1 is 1.15 bits per heavy atom. The lowest BCUT2D eigenvalue weighted by atomic mass is 10.1. The molecule has 27 heavy (non-hydrogen) atoms. The summed E-state index contributed by atoms with van der Waals surface area (Å²) in [6, 6.07) is 3.63. The number of carboxylic acids is 1. The molecule has 0 aromatic carbocycles. The van der Waals surface area contributed by atoms with Crippen molar-refractivity contribution in [1.29, 1.82) is 0 Å². The summed E-state index contributed by atoms with van der Waals surface area (Å²) in [7, 11) is 0. The van der Waals surface area contributed by atoms with E-state index in [0.717, 1.165) is 25.2 Å². The molecule has 0 spiro atoms. The number of piperidine rings is 1. The first kappa shape index (κ1) is 17.8. The molecule has 0 radical (unpaired) electrons. The van der Waals surface area contributed by atoms with Gasteiger partial charge in [-0.3, -0.25) is 14.3 Å². The van der Waals surface area contributed by atoms with Crippen LogP contribution in [0.25, 0.3) is 21.6 Å². The van der Waals surface area contributed by atoms with Crippen LogP contribution in [-0.4, -0.2) is 50.1 Å². The lowest BCUT2D eigenvalue weighted by Crippen LogP contribution is -2.35. The number of aromatic nitrogens is 3. The van der Waals surface area contributed by atoms with Gasteiger partial charge in [0.05, 0.1) is 10.9 Å². The number of carboxylic acid groups (broad SMARTS) is 1. The van der Waals surface area contributed by atoms with Gasteiger partial charge in [0, 0.05) is 36.4 Å². The zero-order valence-corrected chi connectivity index (χ0v) is 15.6. The summed E-state index contributed by atoms with van der Waals surface area (Å²) in [6.07, 6.45) is 6.94. The minimum Gasteiger partial charge on any atom is -0.478 e. The maximum atomic E-state index is 13.2. The van der Waals surface area contributed by atoms with Gasteiger partial charge in [-0.15, -0.1) is 11.3 Å². The second kappa shape index (κ2) is 7.58. The van der Waals surface area contributed by atoms with Crippen molar-refractivity contribution in [1.82, 2.24) is 19.4 Å². The summed E-state index contributed by atoms with van der Waals surface area (Å²) in [5.41, 5.74) is 0.538. The number of nitrogens with zero attached hydrogens (tertiary/aromatic N) is 4. The van der Waals surface area contributed by atoms with Crippen LogP contribution in [0.2, 0.25) is 0 Å². The predicted octanol–water partition coefficient (Wildman–Crippen LogP) is 2.70. The van der Waals surface area contributed by atoms with Gasteiger partial charge < -0.3 is 10.0 Å². The predicted molar refractivity (Wildman–Crippen MR) is 104 cm³/mol. The first-order chi connectivity index (χ1) is 13.1. The van der Waals surface area contributed by atoms with Crippen molar-refractivity contribution in [2.45, 2.75) is 25.8 Å². The molecule has 0 amide bonds. The number of hydrogen-bond donors (Lipinski definition) is 1. The molecule has 3 aromatic rings. The van der Waals surface area contributed by atoms with Crippen LogP contribution in [0, 0.1) is 0 Å². The average molecular weight is 384 g/mol. The molecule has 0 atom stereocenters. The number of rotatable bonds is 5. The van der Waals surface area contributed by atoms with E-state index in [1.807, 2.05) is 12.1 Å². The van der Waals surface area contributed by atoms with Crippen LogP contribution in [-0.2, 0) is 6.54 Å². The third kappa shape index (κ3) is 3.50. The Kier molecular flexibility index (Phi) is 5.00. The normalized spacial score (nSPS) is 15.3. The molecule has 7 nitrogen and oxygen atoms in total. The van der Waals surface area contributed by atoms with Crippen molar-refractivity contribution < 1.29 is 9.90 Å². The van der Waals surface area contributed by atoms with Gasteiger partial charge in [-0.2, -0.15) is 0 Å². The molecule has 0 bridgehead atoms. The van der Waals surface area contributed by atoms with Crippen molar-refractivity contribution in [3.8, 4) is 11.4 Å². The summed E-state index contributed by atoms with van der Waals surface area (Å²) < 4.78 is 1.62. The van der Waals surface area contributed by atoms with Crippen LogP contribution in [0.3, 0.4) is 0 Å². The topological polar surface area (TPSA) is 88.3 Å². The summed E-state index contributed by atoms with van der Waals surface area (Å²) in [6.45, 7) is 3.30. The number of carbonyl (C=O) groups is 1. The second-order valence-corrected chi connectivity index (χ2v) is 7.52. The van der Waals surface area contributed by atoms with E-state index < -0.39 is 5.97 Å². The molecule has 140 valence electrons. The third-order valence-electron chi connectivity index (χ3n) is 4.95. The largest absolute Gasteiger partial charge is 0.478 e. The second-order valence-electron chi connectivity index (χ2n) is 6.67. The Labute approximate surface area is 159 Å². The molecule has 4 rings (SSSR count). The molecular weight excluding hydrogens is 364 g/mol. The van der Waals surface area contributed by atoms with Crippen molar-refractivity contribution in [2.75, 3.05) is 19.6 Å². The number of pyridine rings is 1. The zero-order chi connectivity index (χ0) is 18.8. The number of aromatic carboxylic acids is 1. The first-order valence-corrected chi connectivity index (χ1v) is 9.91. The van der Waals surface area contributed by atoms with Gasteiger partial charge in [0.25, 0.3) is 5.56 Å². The number of fused-ring (bicyclic) bond motifs is 1. The van der Waals surface area contributed by atoms with Gasteiger partial charge in [0.1, 0.15) is 10.7 Å². The van der Waals surface area contributed by atoms with Crippen molar-refractivity contribution in [3.05, 3.63) is 45.8 Å². The van der Waals surface area contributed by atoms with Crippen LogP contribution in [0.4, 0.5) is 0 Å². The summed E-state index contributed by atoms with van der Waals surface area (Å²) >= 11 is 1.19. The summed E-state index contributed by atoms with van der Waals surface area (Å²) in [5.74, 6) is -0.537. The molecule has 1 aliphatic rings. The fourth-order valence-electron chi connectivity index (χ4n) is 3.54. The molecule has 0 aliphatic carbocycles. The summed E-state index contributed by atoms with van der Waals surface area (Å²) in [4.78, 5) is 36.2. The lowest BCUT2D eigenvalue weighted by Gasteiger charge is -2.27. The lowest BCUT2D eigenvalue weighted by molar-refractivity contribution is 0.0699. The van der Waals surface area contributed by atoms with E-state index in [-0.39, 0.29) is 16.5 Å². The average Bonchev–Trinajstić information content (AvgIpc) is 3.13. The molecule has 1 N–H and O–H groups in total. The first-order valence-electron chi connectivity index (χ1n) is 9.03. The Morgan fingerprint density at radius 3 is 2.59 bits per heavy atom. The minimum absolute atomic E-state index is 0.0282. The molecule has 3 aromatic heterocycles. The number of hydrogen-bond acceptors (Lipinski definition) is 6. The highest BCUT2D eigenvalue weighted by atomic mass is 32.1. The standard InChI is InChI=1S/C19H20N4O3S/c24-18-15-14(19(25)26)12-27-17(15)21-16(13-4-6-20-7-5-13)23(18)11-10-22-8-2-1-3-9-22/h4-7,12H,1-3,8-11H2,(H,25,26). The van der Waals surface area contributed by atoms with Crippen LogP contribution in [0.5, 0.6) is 0 Å². The van der Waals surface area contributed by atoms with E-state index in [0.29, 0.717) is 17.2 Å². The van der Waals surface area contributed by atoms with Crippen LogP contribution >= 0.6 is 11.3 Å². The third-order valence-corrected chi connectivity index (χ3v) is 5.82. The molecule has 1 saturated heterocycles. The van der Waals surface area contributed by atoms with Crippen LogP contribution < -0.4 is 5.56 Å². The highest BCUT2D eigenvalue weighted by molar-refractivity contribution is 7.17. The van der Waals surface area contributed by atoms with E-state index in [9.17, 15) is 14.7 Å². The Morgan fingerprint density at radius 2 is 1.89 bits per heavy atom. The van der Waals surface area contributed by atoms with E-state index >= 15 is 0 Å². The van der Waals surface area contributed by atoms with Crippen molar-refractivity contribution in [2.24, 2.45) is 0 Å². The SMILES string of the molecule is O=C(O)c1csc2nc(-c3ccncc3)n(CCN3CCCCC3)c(=O)c12. The molecule has 8 heteroatoms. The van der Waals surface area contributed by atoms with Crippen molar-refractivity contribution in [3.63, 3.8) is 0 Å². The molecule has 0 unspecified atom stereocenters. The van der Waals surface area contributed by atoms with E-state index in [2.05, 4.69) is 14.9 Å². The molecule has 4 heterocycles. The number of likely N-dealkylation sites (tertiary alicyclic amines) is 1. The monoisotopic (exact) mass is 384 g/mol. The van der Waals surface area contributed by atoms with Gasteiger partial charge in [-0.25, -0.2) is 9.78 Å².